The number of aliphatic imine (C=N–C) groups is 1. The van der Waals surface area contributed by atoms with Crippen LogP contribution in [0.15, 0.2) is 29.3 Å². The Morgan fingerprint density at radius 1 is 1.17 bits per heavy atom. The van der Waals surface area contributed by atoms with Crippen LogP contribution in [0.3, 0.4) is 0 Å². The van der Waals surface area contributed by atoms with Crippen LogP contribution in [0.25, 0.3) is 0 Å². The molecule has 2 aliphatic rings. The summed E-state index contributed by atoms with van der Waals surface area (Å²) in [5.41, 5.74) is 2.49. The maximum atomic E-state index is 6.07. The highest BCUT2D eigenvalue weighted by atomic mass is 127. The number of hydrogen-bond acceptors (Lipinski definition) is 4. The van der Waals surface area contributed by atoms with E-state index >= 15 is 0 Å². The average molecular weight is 530 g/mol. The second-order valence-electron chi connectivity index (χ2n) is 8.52. The molecule has 7 heteroatoms. The molecule has 0 bridgehead atoms. The monoisotopic (exact) mass is 530 g/mol. The maximum Gasteiger partial charge on any atom is 0.194 e. The molecule has 0 aromatic heterocycles. The van der Waals surface area contributed by atoms with Gasteiger partial charge < -0.3 is 19.7 Å². The third-order valence-corrected chi connectivity index (χ3v) is 5.60. The van der Waals surface area contributed by atoms with Crippen LogP contribution in [0, 0.1) is 5.92 Å². The van der Waals surface area contributed by atoms with Crippen molar-refractivity contribution in [2.24, 2.45) is 10.9 Å². The van der Waals surface area contributed by atoms with Crippen LogP contribution >= 0.6 is 24.0 Å². The minimum absolute atomic E-state index is 0. The van der Waals surface area contributed by atoms with Crippen molar-refractivity contribution in [3.8, 4) is 0 Å². The lowest BCUT2D eigenvalue weighted by Gasteiger charge is -2.37. The van der Waals surface area contributed by atoms with E-state index in [1.807, 2.05) is 7.05 Å². The van der Waals surface area contributed by atoms with Crippen molar-refractivity contribution in [3.05, 3.63) is 35.4 Å². The second kappa shape index (κ2) is 13.5. The molecule has 0 spiro atoms. The maximum absolute atomic E-state index is 6.07. The number of nitrogens with zero attached hydrogens (tertiary/aromatic N) is 3. The van der Waals surface area contributed by atoms with Gasteiger partial charge in [-0.3, -0.25) is 9.89 Å². The number of ether oxygens (including phenoxy) is 2. The first-order valence-corrected chi connectivity index (χ1v) is 11.1. The quantitative estimate of drug-likeness (QED) is 0.333. The largest absolute Gasteiger partial charge is 0.381 e. The van der Waals surface area contributed by atoms with Crippen LogP contribution in [0.4, 0.5) is 0 Å². The lowest BCUT2D eigenvalue weighted by Crippen LogP contribution is -2.52. The topological polar surface area (TPSA) is 49.3 Å². The highest BCUT2D eigenvalue weighted by Gasteiger charge is 2.20. The molecule has 30 heavy (non-hydrogen) atoms. The third kappa shape index (κ3) is 8.32. The van der Waals surface area contributed by atoms with E-state index < -0.39 is 0 Å². The van der Waals surface area contributed by atoms with Gasteiger partial charge in [-0.25, -0.2) is 0 Å². The summed E-state index contributed by atoms with van der Waals surface area (Å²) in [7, 11) is 1.88. The van der Waals surface area contributed by atoms with Crippen LogP contribution in [-0.2, 0) is 22.6 Å². The summed E-state index contributed by atoms with van der Waals surface area (Å²) in [6.45, 7) is 13.1. The molecule has 3 rings (SSSR count). The predicted octanol–water partition coefficient (Wildman–Crippen LogP) is 3.35. The summed E-state index contributed by atoms with van der Waals surface area (Å²) in [5.74, 6) is 1.72. The van der Waals surface area contributed by atoms with E-state index in [0.29, 0.717) is 12.7 Å². The Kier molecular flexibility index (Phi) is 11.4. The summed E-state index contributed by atoms with van der Waals surface area (Å²) in [6, 6.07) is 8.66. The SMILES string of the molecule is CN=C(NCc1cccc(COC2CCOCC2)c1)N1CCN(CC(C)C)CC1.I. The Hall–Kier alpha value is -0.900. The van der Waals surface area contributed by atoms with Crippen molar-refractivity contribution < 1.29 is 9.47 Å². The molecule has 0 radical (unpaired) electrons. The standard InChI is InChI=1S/C23H38N4O2.HI/c1-19(2)17-26-9-11-27(12-10-26)23(24-3)25-16-20-5-4-6-21(15-20)18-29-22-7-13-28-14-8-22;/h4-6,15,19,22H,7-14,16-18H2,1-3H3,(H,24,25);1H. The highest BCUT2D eigenvalue weighted by molar-refractivity contribution is 14.0. The van der Waals surface area contributed by atoms with Gasteiger partial charge in [0.25, 0.3) is 0 Å². The van der Waals surface area contributed by atoms with E-state index in [-0.39, 0.29) is 24.0 Å². The first-order chi connectivity index (χ1) is 14.1. The van der Waals surface area contributed by atoms with Gasteiger partial charge in [0.1, 0.15) is 0 Å². The van der Waals surface area contributed by atoms with Crippen molar-refractivity contribution in [1.82, 2.24) is 15.1 Å². The lowest BCUT2D eigenvalue weighted by atomic mass is 10.1. The van der Waals surface area contributed by atoms with Crippen molar-refractivity contribution in [3.63, 3.8) is 0 Å². The number of benzene rings is 1. The fourth-order valence-corrected chi connectivity index (χ4v) is 4.06. The molecule has 2 fully saturated rings. The molecule has 0 atom stereocenters. The number of guanidine groups is 1. The van der Waals surface area contributed by atoms with Gasteiger partial charge in [-0.2, -0.15) is 0 Å². The minimum atomic E-state index is 0. The molecule has 1 N–H and O–H groups in total. The molecule has 170 valence electrons. The molecule has 0 amide bonds. The molecule has 6 nitrogen and oxygen atoms in total. The first kappa shape index (κ1) is 25.4. The van der Waals surface area contributed by atoms with Crippen LogP contribution in [0.5, 0.6) is 0 Å². The van der Waals surface area contributed by atoms with E-state index in [2.05, 4.69) is 58.2 Å². The molecular formula is C23H39IN4O2. The van der Waals surface area contributed by atoms with Gasteiger partial charge in [-0.1, -0.05) is 38.1 Å². The molecule has 0 saturated carbocycles. The second-order valence-corrected chi connectivity index (χ2v) is 8.52. The third-order valence-electron chi connectivity index (χ3n) is 5.60. The van der Waals surface area contributed by atoms with Gasteiger partial charge in [0.15, 0.2) is 5.96 Å². The van der Waals surface area contributed by atoms with Gasteiger partial charge in [0, 0.05) is 59.5 Å². The summed E-state index contributed by atoms with van der Waals surface area (Å²) >= 11 is 0. The zero-order valence-electron chi connectivity index (χ0n) is 18.8. The van der Waals surface area contributed by atoms with E-state index in [9.17, 15) is 0 Å². The van der Waals surface area contributed by atoms with E-state index in [0.717, 1.165) is 70.7 Å². The fourth-order valence-electron chi connectivity index (χ4n) is 4.06. The summed E-state index contributed by atoms with van der Waals surface area (Å²) in [4.78, 5) is 9.43. The molecule has 0 unspecified atom stereocenters. The Morgan fingerprint density at radius 3 is 2.53 bits per heavy atom. The molecule has 2 aliphatic heterocycles. The number of hydrogen-bond donors (Lipinski definition) is 1. The van der Waals surface area contributed by atoms with Crippen molar-refractivity contribution >= 4 is 29.9 Å². The number of halogens is 1. The zero-order chi connectivity index (χ0) is 20.5. The molecule has 2 saturated heterocycles. The van der Waals surface area contributed by atoms with E-state index in [4.69, 9.17) is 9.47 Å². The molecule has 1 aromatic carbocycles. The zero-order valence-corrected chi connectivity index (χ0v) is 21.1. The molecule has 2 heterocycles. The van der Waals surface area contributed by atoms with Crippen LogP contribution in [-0.4, -0.2) is 74.8 Å². The van der Waals surface area contributed by atoms with Crippen LogP contribution in [0.1, 0.15) is 37.8 Å². The van der Waals surface area contributed by atoms with Gasteiger partial charge in [0.2, 0.25) is 0 Å². The average Bonchev–Trinajstić information content (AvgIpc) is 2.74. The number of nitrogens with one attached hydrogen (secondary N) is 1. The molecule has 1 aromatic rings. The van der Waals surface area contributed by atoms with Crippen molar-refractivity contribution in [1.29, 1.82) is 0 Å². The van der Waals surface area contributed by atoms with E-state index in [1.54, 1.807) is 0 Å². The lowest BCUT2D eigenvalue weighted by molar-refractivity contribution is -0.0390. The fraction of sp³-hybridized carbons (Fsp3) is 0.696. The Balaban J connectivity index is 0.00000320. The predicted molar refractivity (Wildman–Crippen MR) is 134 cm³/mol. The van der Waals surface area contributed by atoms with E-state index in [1.165, 1.54) is 17.7 Å². The normalized spacial score (nSPS) is 19.1. The van der Waals surface area contributed by atoms with Gasteiger partial charge in [-0.15, -0.1) is 24.0 Å². The van der Waals surface area contributed by atoms with Gasteiger partial charge in [-0.05, 0) is 29.9 Å². The number of piperazine rings is 1. The Bertz CT molecular complexity index is 642. The van der Waals surface area contributed by atoms with Gasteiger partial charge >= 0.3 is 0 Å². The van der Waals surface area contributed by atoms with Gasteiger partial charge in [0.05, 0.1) is 12.7 Å². The summed E-state index contributed by atoms with van der Waals surface area (Å²) < 4.78 is 11.5. The van der Waals surface area contributed by atoms with Crippen molar-refractivity contribution in [2.45, 2.75) is 45.9 Å². The van der Waals surface area contributed by atoms with Crippen LogP contribution in [0.2, 0.25) is 0 Å². The van der Waals surface area contributed by atoms with Crippen molar-refractivity contribution in [2.75, 3.05) is 53.0 Å². The Morgan fingerprint density at radius 2 is 1.87 bits per heavy atom. The highest BCUT2D eigenvalue weighted by Crippen LogP contribution is 2.14. The number of rotatable bonds is 7. The summed E-state index contributed by atoms with van der Waals surface area (Å²) in [5, 5.41) is 3.54. The first-order valence-electron chi connectivity index (χ1n) is 11.1. The smallest absolute Gasteiger partial charge is 0.194 e. The minimum Gasteiger partial charge on any atom is -0.381 e. The van der Waals surface area contributed by atoms with Crippen LogP contribution < -0.4 is 5.32 Å². The Labute approximate surface area is 199 Å². The molecular weight excluding hydrogens is 491 g/mol. The summed E-state index contributed by atoms with van der Waals surface area (Å²) in [6.07, 6.45) is 2.34. The molecule has 0 aliphatic carbocycles.